The fraction of sp³-hybridized carbons (Fsp3) is 0.286. The van der Waals surface area contributed by atoms with E-state index in [1.807, 2.05) is 44.1 Å². The number of rotatable bonds is 6. The standard InChI is InChI=1S/C21H24FN5O2/c1-14-7-9-17(10-8-14)27-19(28)13-23-20(25-27)21(29)24-12-18(26(2)3)15-5-4-6-16(22)11-15/h4-11,18H,12-13H2,1-3H3,(H,23,25)(H,24,29). The number of hydrogen-bond donors (Lipinski definition) is 2. The minimum absolute atomic E-state index is 0.0573. The van der Waals surface area contributed by atoms with Crippen molar-refractivity contribution in [3.8, 4) is 0 Å². The first-order chi connectivity index (χ1) is 13.8. The Morgan fingerprint density at radius 3 is 2.66 bits per heavy atom. The van der Waals surface area contributed by atoms with Crippen LogP contribution >= 0.6 is 0 Å². The lowest BCUT2D eigenvalue weighted by Gasteiger charge is -2.29. The van der Waals surface area contributed by atoms with Gasteiger partial charge in [-0.1, -0.05) is 29.8 Å². The van der Waals surface area contributed by atoms with Crippen LogP contribution in [0.25, 0.3) is 0 Å². The molecule has 3 rings (SSSR count). The van der Waals surface area contributed by atoms with Crippen molar-refractivity contribution >= 4 is 23.3 Å². The van der Waals surface area contributed by atoms with Crippen molar-refractivity contribution in [3.63, 3.8) is 0 Å². The number of benzene rings is 2. The Bertz CT molecular complexity index is 927. The van der Waals surface area contributed by atoms with Gasteiger partial charge < -0.3 is 10.2 Å². The number of aliphatic imine (C=N–C) groups is 1. The van der Waals surface area contributed by atoms with E-state index >= 15 is 0 Å². The summed E-state index contributed by atoms with van der Waals surface area (Å²) in [5, 5.41) is 4.13. The summed E-state index contributed by atoms with van der Waals surface area (Å²) in [7, 11) is 3.71. The summed E-state index contributed by atoms with van der Waals surface area (Å²) in [6, 6.07) is 13.4. The van der Waals surface area contributed by atoms with Crippen LogP contribution in [-0.4, -0.2) is 49.7 Å². The molecule has 0 spiro atoms. The molecule has 0 aliphatic carbocycles. The van der Waals surface area contributed by atoms with E-state index in [1.165, 1.54) is 17.1 Å². The highest BCUT2D eigenvalue weighted by atomic mass is 19.1. The topological polar surface area (TPSA) is 77.0 Å². The number of anilines is 1. The quantitative estimate of drug-likeness (QED) is 0.779. The highest BCUT2D eigenvalue weighted by Gasteiger charge is 2.26. The van der Waals surface area contributed by atoms with Gasteiger partial charge >= 0.3 is 0 Å². The largest absolute Gasteiger partial charge is 0.347 e. The average Bonchev–Trinajstić information content (AvgIpc) is 2.69. The maximum atomic E-state index is 13.6. The highest BCUT2D eigenvalue weighted by Crippen LogP contribution is 2.18. The molecule has 2 aromatic rings. The third kappa shape index (κ3) is 4.97. The summed E-state index contributed by atoms with van der Waals surface area (Å²) in [6.45, 7) is 2.09. The van der Waals surface area contributed by atoms with Gasteiger partial charge in [-0.15, -0.1) is 0 Å². The third-order valence-electron chi connectivity index (χ3n) is 4.66. The second kappa shape index (κ2) is 8.83. The number of amidine groups is 1. The van der Waals surface area contributed by atoms with Crippen LogP contribution in [0.2, 0.25) is 0 Å². The van der Waals surface area contributed by atoms with E-state index in [0.717, 1.165) is 11.1 Å². The molecule has 2 aromatic carbocycles. The first-order valence-electron chi connectivity index (χ1n) is 9.26. The minimum atomic E-state index is -0.433. The number of carbonyl (C=O) groups is 2. The Morgan fingerprint density at radius 1 is 1.28 bits per heavy atom. The van der Waals surface area contributed by atoms with Crippen LogP contribution in [0.5, 0.6) is 0 Å². The van der Waals surface area contributed by atoms with Crippen LogP contribution in [0.1, 0.15) is 17.2 Å². The van der Waals surface area contributed by atoms with E-state index in [-0.39, 0.29) is 36.7 Å². The van der Waals surface area contributed by atoms with E-state index in [0.29, 0.717) is 5.69 Å². The second-order valence-corrected chi connectivity index (χ2v) is 7.09. The second-order valence-electron chi connectivity index (χ2n) is 7.09. The van der Waals surface area contributed by atoms with Gasteiger partial charge in [0, 0.05) is 6.54 Å². The monoisotopic (exact) mass is 397 g/mol. The SMILES string of the molecule is Cc1ccc(N2NC(C(=O)NCC(c3cccc(F)c3)N(C)C)=NCC2=O)cc1. The third-order valence-corrected chi connectivity index (χ3v) is 4.66. The molecule has 0 radical (unpaired) electrons. The molecule has 7 nitrogen and oxygen atoms in total. The lowest BCUT2D eigenvalue weighted by Crippen LogP contribution is -2.56. The van der Waals surface area contributed by atoms with Crippen LogP contribution in [0, 0.1) is 12.7 Å². The molecule has 0 fully saturated rings. The lowest BCUT2D eigenvalue weighted by molar-refractivity contribution is -0.118. The van der Waals surface area contributed by atoms with Gasteiger partial charge in [0.15, 0.2) is 0 Å². The maximum absolute atomic E-state index is 13.6. The molecule has 1 atom stereocenters. The molecule has 152 valence electrons. The first-order valence-corrected chi connectivity index (χ1v) is 9.26. The maximum Gasteiger partial charge on any atom is 0.288 e. The van der Waals surface area contributed by atoms with Gasteiger partial charge in [0.1, 0.15) is 12.4 Å². The molecule has 0 saturated heterocycles. The molecular formula is C21H24FN5O2. The van der Waals surface area contributed by atoms with Crippen molar-refractivity contribution in [1.82, 2.24) is 15.6 Å². The molecule has 8 heteroatoms. The van der Waals surface area contributed by atoms with E-state index < -0.39 is 5.91 Å². The molecule has 2 N–H and O–H groups in total. The number of nitrogens with zero attached hydrogens (tertiary/aromatic N) is 3. The van der Waals surface area contributed by atoms with Crippen molar-refractivity contribution in [1.29, 1.82) is 0 Å². The van der Waals surface area contributed by atoms with Gasteiger partial charge in [0.25, 0.3) is 11.8 Å². The molecule has 2 amide bonds. The molecule has 1 aliphatic rings. The molecule has 29 heavy (non-hydrogen) atoms. The fourth-order valence-corrected chi connectivity index (χ4v) is 3.03. The van der Waals surface area contributed by atoms with Crippen LogP contribution in [0.3, 0.4) is 0 Å². The molecular weight excluding hydrogens is 373 g/mol. The van der Waals surface area contributed by atoms with Crippen molar-refractivity contribution in [3.05, 3.63) is 65.5 Å². The van der Waals surface area contributed by atoms with E-state index in [2.05, 4.69) is 15.7 Å². The average molecular weight is 397 g/mol. The van der Waals surface area contributed by atoms with Gasteiger partial charge in [0.05, 0.1) is 11.7 Å². The molecule has 1 aliphatic heterocycles. The number of halogens is 1. The molecule has 1 unspecified atom stereocenters. The number of aryl methyl sites for hydroxylation is 1. The number of carbonyl (C=O) groups excluding carboxylic acids is 2. The smallest absolute Gasteiger partial charge is 0.288 e. The Labute approximate surface area is 169 Å². The van der Waals surface area contributed by atoms with Crippen molar-refractivity contribution in [2.45, 2.75) is 13.0 Å². The van der Waals surface area contributed by atoms with Gasteiger partial charge in [-0.05, 0) is 50.8 Å². The van der Waals surface area contributed by atoms with Gasteiger partial charge in [0.2, 0.25) is 5.84 Å². The predicted molar refractivity (Wildman–Crippen MR) is 110 cm³/mol. The van der Waals surface area contributed by atoms with Crippen LogP contribution < -0.4 is 15.8 Å². The zero-order valence-corrected chi connectivity index (χ0v) is 16.6. The highest BCUT2D eigenvalue weighted by molar-refractivity contribution is 6.39. The lowest BCUT2D eigenvalue weighted by atomic mass is 10.1. The number of hydrazine groups is 1. The normalized spacial score (nSPS) is 15.0. The Balaban J connectivity index is 1.68. The summed E-state index contributed by atoms with van der Waals surface area (Å²) in [4.78, 5) is 30.8. The number of amides is 2. The Morgan fingerprint density at radius 2 is 2.00 bits per heavy atom. The molecule has 0 saturated carbocycles. The van der Waals surface area contributed by atoms with E-state index in [9.17, 15) is 14.0 Å². The van der Waals surface area contributed by atoms with Crippen molar-refractivity contribution in [2.24, 2.45) is 4.99 Å². The number of hydrogen-bond acceptors (Lipinski definition) is 5. The zero-order valence-electron chi connectivity index (χ0n) is 16.6. The summed E-state index contributed by atoms with van der Waals surface area (Å²) >= 11 is 0. The zero-order chi connectivity index (χ0) is 21.0. The van der Waals surface area contributed by atoms with Crippen LogP contribution in [-0.2, 0) is 9.59 Å². The van der Waals surface area contributed by atoms with Crippen molar-refractivity contribution in [2.75, 3.05) is 32.2 Å². The van der Waals surface area contributed by atoms with Crippen molar-refractivity contribution < 1.29 is 14.0 Å². The van der Waals surface area contributed by atoms with E-state index in [4.69, 9.17) is 0 Å². The number of likely N-dealkylation sites (N-methyl/N-ethyl adjacent to an activating group) is 1. The summed E-state index contributed by atoms with van der Waals surface area (Å²) in [5.74, 6) is -0.956. The fourth-order valence-electron chi connectivity index (χ4n) is 3.03. The number of nitrogens with one attached hydrogen (secondary N) is 2. The van der Waals surface area contributed by atoms with Gasteiger partial charge in [-0.2, -0.15) is 0 Å². The summed E-state index contributed by atoms with van der Waals surface area (Å²) in [6.07, 6.45) is 0. The Hall–Kier alpha value is -3.26. The van der Waals surface area contributed by atoms with Gasteiger partial charge in [-0.3, -0.25) is 20.0 Å². The van der Waals surface area contributed by atoms with Crippen LogP contribution in [0.4, 0.5) is 10.1 Å². The molecule has 0 aromatic heterocycles. The minimum Gasteiger partial charge on any atom is -0.347 e. The van der Waals surface area contributed by atoms with Gasteiger partial charge in [-0.25, -0.2) is 9.40 Å². The predicted octanol–water partition coefficient (Wildman–Crippen LogP) is 1.80. The van der Waals surface area contributed by atoms with E-state index in [1.54, 1.807) is 18.2 Å². The molecule has 1 heterocycles. The molecule has 0 bridgehead atoms. The summed E-state index contributed by atoms with van der Waals surface area (Å²) < 4.78 is 13.6. The Kier molecular flexibility index (Phi) is 6.23. The summed E-state index contributed by atoms with van der Waals surface area (Å²) in [5.41, 5.74) is 5.24. The first kappa shape index (κ1) is 20.5. The van der Waals surface area contributed by atoms with Crippen LogP contribution in [0.15, 0.2) is 53.5 Å².